The molecule has 1 aliphatic heterocycles. The summed E-state index contributed by atoms with van der Waals surface area (Å²) in [4.78, 5) is 27.9. The van der Waals surface area contributed by atoms with Crippen LogP contribution in [0.2, 0.25) is 0 Å². The van der Waals surface area contributed by atoms with Gasteiger partial charge in [0, 0.05) is 0 Å². The van der Waals surface area contributed by atoms with Crippen molar-refractivity contribution in [2.45, 2.75) is 10.4 Å². The molecule has 0 unspecified atom stereocenters. The van der Waals surface area contributed by atoms with Crippen molar-refractivity contribution in [3.05, 3.63) is 63.6 Å². The number of aliphatic hydroxyl groups is 1. The zero-order valence-corrected chi connectivity index (χ0v) is 17.8. The molecule has 1 atom stereocenters. The van der Waals surface area contributed by atoms with Crippen LogP contribution >= 0.6 is 34.4 Å². The largest absolute Gasteiger partial charge is 0.503 e. The van der Waals surface area contributed by atoms with Gasteiger partial charge in [-0.05, 0) is 35.4 Å². The lowest BCUT2D eigenvalue weighted by Gasteiger charge is -2.24. The summed E-state index contributed by atoms with van der Waals surface area (Å²) in [6.07, 6.45) is 1.86. The molecule has 148 valence electrons. The van der Waals surface area contributed by atoms with E-state index < -0.39 is 23.5 Å². The monoisotopic (exact) mass is 445 g/mol. The van der Waals surface area contributed by atoms with Crippen molar-refractivity contribution in [2.75, 3.05) is 18.3 Å². The number of hydrogen-bond acceptors (Lipinski definition) is 9. The fraction of sp³-hybridized carbons (Fsp3) is 0.158. The third-order valence-corrected chi connectivity index (χ3v) is 7.15. The molecule has 0 fully saturated rings. The van der Waals surface area contributed by atoms with Gasteiger partial charge >= 0.3 is 0 Å². The van der Waals surface area contributed by atoms with Crippen LogP contribution in [0.5, 0.6) is 5.75 Å². The normalized spacial score (nSPS) is 16.6. The summed E-state index contributed by atoms with van der Waals surface area (Å²) in [5, 5.41) is 20.9. The van der Waals surface area contributed by atoms with Crippen LogP contribution in [0.1, 0.15) is 21.3 Å². The van der Waals surface area contributed by atoms with Crippen molar-refractivity contribution in [1.82, 2.24) is 10.2 Å². The van der Waals surface area contributed by atoms with Crippen molar-refractivity contribution in [1.29, 1.82) is 0 Å². The molecule has 0 saturated carbocycles. The number of methoxy groups -OCH3 is 1. The van der Waals surface area contributed by atoms with Crippen LogP contribution in [0.4, 0.5) is 5.13 Å². The molecule has 4 rings (SSSR count). The predicted octanol–water partition coefficient (Wildman–Crippen LogP) is 4.11. The van der Waals surface area contributed by atoms with Gasteiger partial charge in [0.15, 0.2) is 10.1 Å². The van der Waals surface area contributed by atoms with Crippen LogP contribution in [-0.2, 0) is 4.79 Å². The molecule has 0 radical (unpaired) electrons. The number of carbonyl (C=O) groups is 2. The summed E-state index contributed by atoms with van der Waals surface area (Å²) in [6.45, 7) is 0. The second-order valence-corrected chi connectivity index (χ2v) is 8.93. The van der Waals surface area contributed by atoms with Gasteiger partial charge in [0.2, 0.25) is 10.9 Å². The zero-order valence-electron chi connectivity index (χ0n) is 15.4. The van der Waals surface area contributed by atoms with Crippen LogP contribution in [0.15, 0.2) is 57.5 Å². The fourth-order valence-corrected chi connectivity index (χ4v) is 5.05. The lowest BCUT2D eigenvalue weighted by molar-refractivity contribution is -0.117. The van der Waals surface area contributed by atoms with Gasteiger partial charge in [-0.3, -0.25) is 14.5 Å². The molecule has 1 aromatic carbocycles. The van der Waals surface area contributed by atoms with Crippen LogP contribution in [-0.4, -0.2) is 40.4 Å². The van der Waals surface area contributed by atoms with Crippen LogP contribution in [0, 0.1) is 0 Å². The van der Waals surface area contributed by atoms with Crippen molar-refractivity contribution in [3.63, 3.8) is 0 Å². The number of thioether (sulfide) groups is 1. The standard InChI is InChI=1S/C19H15N3O4S3/c1-26-11-6-3-5-10(9-11)14-13(15(23)12-7-4-8-28-12)16(24)17(25)22(14)18-20-21-19(27-2)29-18/h3-9,14,24H,1-2H3/t14-/m1/s1. The summed E-state index contributed by atoms with van der Waals surface area (Å²) in [5.74, 6) is -1.07. The Balaban J connectivity index is 1.88. The first-order chi connectivity index (χ1) is 14.0. The molecule has 0 spiro atoms. The van der Waals surface area contributed by atoms with Crippen molar-refractivity contribution < 1.29 is 19.4 Å². The van der Waals surface area contributed by atoms with Crippen molar-refractivity contribution >= 4 is 51.3 Å². The van der Waals surface area contributed by atoms with Gasteiger partial charge in [-0.2, -0.15) is 0 Å². The lowest BCUT2D eigenvalue weighted by Crippen LogP contribution is -2.31. The van der Waals surface area contributed by atoms with Gasteiger partial charge in [-0.15, -0.1) is 21.5 Å². The molecular weight excluding hydrogens is 430 g/mol. The Kier molecular flexibility index (Phi) is 5.39. The Bertz CT molecular complexity index is 1110. The Morgan fingerprint density at radius 3 is 2.76 bits per heavy atom. The maximum atomic E-state index is 13.2. The van der Waals surface area contributed by atoms with E-state index in [0.29, 0.717) is 25.7 Å². The van der Waals surface area contributed by atoms with Crippen molar-refractivity contribution in [3.8, 4) is 5.75 Å². The average molecular weight is 446 g/mol. The van der Waals surface area contributed by atoms with E-state index in [1.165, 1.54) is 46.4 Å². The molecule has 7 nitrogen and oxygen atoms in total. The first-order valence-electron chi connectivity index (χ1n) is 8.41. The minimum absolute atomic E-state index is 0.0200. The molecule has 0 bridgehead atoms. The molecular formula is C19H15N3O4S3. The van der Waals surface area contributed by atoms with Gasteiger partial charge in [0.1, 0.15) is 5.75 Å². The number of ketones is 1. The quantitative estimate of drug-likeness (QED) is 0.347. The highest BCUT2D eigenvalue weighted by Gasteiger charge is 2.46. The minimum atomic E-state index is -0.838. The number of ether oxygens (including phenoxy) is 1. The Hall–Kier alpha value is -2.69. The number of Topliss-reactive ketones (excluding diaryl/α,β-unsaturated/α-hetero) is 1. The van der Waals surface area contributed by atoms with E-state index in [-0.39, 0.29) is 5.57 Å². The molecule has 10 heteroatoms. The van der Waals surface area contributed by atoms with E-state index in [1.807, 2.05) is 6.26 Å². The predicted molar refractivity (Wildman–Crippen MR) is 113 cm³/mol. The molecule has 0 saturated heterocycles. The first-order valence-corrected chi connectivity index (χ1v) is 11.3. The maximum Gasteiger partial charge on any atom is 0.296 e. The summed E-state index contributed by atoms with van der Waals surface area (Å²) < 4.78 is 5.98. The number of aromatic nitrogens is 2. The first kappa shape index (κ1) is 19.6. The third kappa shape index (κ3) is 3.43. The Labute approximate surface area is 178 Å². The van der Waals surface area contributed by atoms with Crippen LogP contribution in [0.3, 0.4) is 0 Å². The van der Waals surface area contributed by atoms with Crippen molar-refractivity contribution in [2.24, 2.45) is 0 Å². The van der Waals surface area contributed by atoms with E-state index in [9.17, 15) is 14.7 Å². The van der Waals surface area contributed by atoms with Gasteiger partial charge in [-0.25, -0.2) is 0 Å². The SMILES string of the molecule is COc1cccc([C@@H]2C(C(=O)c3cccs3)=C(O)C(=O)N2c2nnc(SC)s2)c1. The average Bonchev–Trinajstić information content (AvgIpc) is 3.48. The van der Waals surface area contributed by atoms with Crippen LogP contribution in [0.25, 0.3) is 0 Å². The summed E-state index contributed by atoms with van der Waals surface area (Å²) in [5.41, 5.74) is 0.647. The molecule has 0 aliphatic carbocycles. The Morgan fingerprint density at radius 1 is 1.28 bits per heavy atom. The topological polar surface area (TPSA) is 92.6 Å². The van der Waals surface area contributed by atoms with E-state index in [4.69, 9.17) is 4.74 Å². The second kappa shape index (κ2) is 7.97. The molecule has 1 N–H and O–H groups in total. The Morgan fingerprint density at radius 2 is 2.10 bits per heavy atom. The second-order valence-electron chi connectivity index (χ2n) is 5.98. The van der Waals surface area contributed by atoms with Gasteiger partial charge in [0.25, 0.3) is 5.91 Å². The van der Waals surface area contributed by atoms with Crippen LogP contribution < -0.4 is 9.64 Å². The molecule has 3 aromatic rings. The van der Waals surface area contributed by atoms with Gasteiger partial charge < -0.3 is 9.84 Å². The highest BCUT2D eigenvalue weighted by atomic mass is 32.2. The number of amides is 1. The lowest BCUT2D eigenvalue weighted by atomic mass is 9.95. The fourth-order valence-electron chi connectivity index (χ4n) is 3.08. The highest BCUT2D eigenvalue weighted by Crippen LogP contribution is 2.44. The van der Waals surface area contributed by atoms with Gasteiger partial charge in [-0.1, -0.05) is 41.3 Å². The van der Waals surface area contributed by atoms with Gasteiger partial charge in [0.05, 0.1) is 23.6 Å². The number of benzene rings is 1. The maximum absolute atomic E-state index is 13.2. The smallest absolute Gasteiger partial charge is 0.296 e. The molecule has 1 aliphatic rings. The molecule has 3 heterocycles. The highest BCUT2D eigenvalue weighted by molar-refractivity contribution is 8.00. The number of carbonyl (C=O) groups excluding carboxylic acids is 2. The number of rotatable bonds is 6. The van der Waals surface area contributed by atoms with E-state index in [1.54, 1.807) is 41.8 Å². The number of nitrogens with zero attached hydrogens (tertiary/aromatic N) is 3. The molecule has 2 aromatic heterocycles. The summed E-state index contributed by atoms with van der Waals surface area (Å²) in [7, 11) is 1.54. The summed E-state index contributed by atoms with van der Waals surface area (Å²) in [6, 6.07) is 9.64. The number of aliphatic hydroxyl groups excluding tert-OH is 1. The summed E-state index contributed by atoms with van der Waals surface area (Å²) >= 11 is 3.88. The van der Waals surface area contributed by atoms with E-state index in [2.05, 4.69) is 10.2 Å². The molecule has 1 amide bonds. The van der Waals surface area contributed by atoms with E-state index >= 15 is 0 Å². The zero-order chi connectivity index (χ0) is 20.5. The third-order valence-electron chi connectivity index (χ3n) is 4.38. The molecule has 29 heavy (non-hydrogen) atoms. The number of anilines is 1. The minimum Gasteiger partial charge on any atom is -0.503 e. The number of thiophene rings is 1. The van der Waals surface area contributed by atoms with E-state index in [0.717, 1.165) is 0 Å². The number of hydrogen-bond donors (Lipinski definition) is 1.